The van der Waals surface area contributed by atoms with Gasteiger partial charge in [-0.3, -0.25) is 9.69 Å². The van der Waals surface area contributed by atoms with Gasteiger partial charge >= 0.3 is 0 Å². The Balaban J connectivity index is 0.00000264. The lowest BCUT2D eigenvalue weighted by atomic mass is 10.1. The molecule has 2 N–H and O–H groups in total. The van der Waals surface area contributed by atoms with Crippen molar-refractivity contribution in [2.24, 2.45) is 0 Å². The maximum atomic E-state index is 12.8. The fourth-order valence-electron chi connectivity index (χ4n) is 2.85. The van der Waals surface area contributed by atoms with E-state index < -0.39 is 0 Å². The summed E-state index contributed by atoms with van der Waals surface area (Å²) in [6.07, 6.45) is 4.13. The summed E-state index contributed by atoms with van der Waals surface area (Å²) in [5.74, 6) is -0.172. The lowest BCUT2D eigenvalue weighted by molar-refractivity contribution is -0.122. The van der Waals surface area contributed by atoms with Crippen LogP contribution < -0.4 is 10.6 Å². The van der Waals surface area contributed by atoms with Crippen LogP contribution in [0, 0.1) is 5.82 Å². The summed E-state index contributed by atoms with van der Waals surface area (Å²) in [7, 11) is 2.02. The minimum Gasteiger partial charge on any atom is -0.355 e. The topological polar surface area (TPSA) is 44.4 Å². The Morgan fingerprint density at radius 3 is 2.78 bits per heavy atom. The Labute approximate surface area is 144 Å². The van der Waals surface area contributed by atoms with E-state index in [4.69, 9.17) is 0 Å². The van der Waals surface area contributed by atoms with E-state index in [2.05, 4.69) is 15.5 Å². The van der Waals surface area contributed by atoms with E-state index >= 15 is 0 Å². The van der Waals surface area contributed by atoms with Gasteiger partial charge in [-0.05, 0) is 63.5 Å². The second-order valence-electron chi connectivity index (χ2n) is 5.98. The van der Waals surface area contributed by atoms with Gasteiger partial charge in [-0.1, -0.05) is 12.1 Å². The van der Waals surface area contributed by atoms with Gasteiger partial charge in [0.15, 0.2) is 0 Å². The molecule has 1 aromatic rings. The molecule has 0 bridgehead atoms. The number of halogens is 2. The number of benzene rings is 1. The summed E-state index contributed by atoms with van der Waals surface area (Å²) >= 11 is 0. The molecule has 6 heteroatoms. The van der Waals surface area contributed by atoms with Crippen molar-refractivity contribution < 1.29 is 9.18 Å². The first kappa shape index (κ1) is 19.9. The molecular formula is C17H27ClFN3O. The van der Waals surface area contributed by atoms with Gasteiger partial charge in [0.2, 0.25) is 5.91 Å². The third-order valence-corrected chi connectivity index (χ3v) is 4.21. The molecule has 0 aliphatic carbocycles. The monoisotopic (exact) mass is 343 g/mol. The zero-order valence-corrected chi connectivity index (χ0v) is 14.5. The van der Waals surface area contributed by atoms with Gasteiger partial charge in [-0.25, -0.2) is 4.39 Å². The fraction of sp³-hybridized carbons (Fsp3) is 0.588. The molecule has 1 atom stereocenters. The lowest BCUT2D eigenvalue weighted by Crippen LogP contribution is -2.41. The number of likely N-dealkylation sites (N-methyl/N-ethyl adjacent to an activating group) is 1. The quantitative estimate of drug-likeness (QED) is 0.830. The molecule has 0 saturated carbocycles. The largest absolute Gasteiger partial charge is 0.355 e. The molecule has 1 saturated heterocycles. The number of carbonyl (C=O) groups excluding carboxylic acids is 1. The molecule has 1 amide bonds. The van der Waals surface area contributed by atoms with E-state index in [1.807, 2.05) is 7.05 Å². The van der Waals surface area contributed by atoms with Crippen LogP contribution >= 0.6 is 12.4 Å². The summed E-state index contributed by atoms with van der Waals surface area (Å²) in [6.45, 7) is 3.13. The molecule has 1 aliphatic rings. The molecule has 1 fully saturated rings. The zero-order valence-electron chi connectivity index (χ0n) is 13.7. The summed E-state index contributed by atoms with van der Waals surface area (Å²) in [4.78, 5) is 14.2. The SMILES string of the molecule is CN(CC(=O)NCCc1ccc(F)cc1)C1CCCNCC1.Cl. The molecule has 4 nitrogen and oxygen atoms in total. The van der Waals surface area contributed by atoms with Crippen LogP contribution in [0.1, 0.15) is 24.8 Å². The van der Waals surface area contributed by atoms with Crippen LogP contribution in [0.5, 0.6) is 0 Å². The Morgan fingerprint density at radius 1 is 1.30 bits per heavy atom. The molecule has 1 aromatic carbocycles. The first-order valence-corrected chi connectivity index (χ1v) is 8.07. The Bertz CT molecular complexity index is 461. The Morgan fingerprint density at radius 2 is 2.04 bits per heavy atom. The molecule has 1 aliphatic heterocycles. The van der Waals surface area contributed by atoms with Gasteiger partial charge in [-0.15, -0.1) is 12.4 Å². The van der Waals surface area contributed by atoms with Gasteiger partial charge in [0.05, 0.1) is 6.54 Å². The molecule has 0 spiro atoms. The van der Waals surface area contributed by atoms with Crippen LogP contribution in [0.3, 0.4) is 0 Å². The summed E-state index contributed by atoms with van der Waals surface area (Å²) in [5.41, 5.74) is 1.03. The van der Waals surface area contributed by atoms with E-state index in [1.165, 1.54) is 18.6 Å². The van der Waals surface area contributed by atoms with E-state index in [-0.39, 0.29) is 24.1 Å². The molecular weight excluding hydrogens is 317 g/mol. The van der Waals surface area contributed by atoms with Gasteiger partial charge in [0, 0.05) is 12.6 Å². The van der Waals surface area contributed by atoms with Crippen LogP contribution in [0.15, 0.2) is 24.3 Å². The number of hydrogen-bond donors (Lipinski definition) is 2. The van der Waals surface area contributed by atoms with Crippen molar-refractivity contribution >= 4 is 18.3 Å². The lowest BCUT2D eigenvalue weighted by Gasteiger charge is -2.26. The van der Waals surface area contributed by atoms with Crippen molar-refractivity contribution in [1.29, 1.82) is 0 Å². The molecule has 2 rings (SSSR count). The van der Waals surface area contributed by atoms with E-state index in [1.54, 1.807) is 12.1 Å². The van der Waals surface area contributed by atoms with Gasteiger partial charge < -0.3 is 10.6 Å². The zero-order chi connectivity index (χ0) is 15.8. The van der Waals surface area contributed by atoms with Crippen LogP contribution in [0.25, 0.3) is 0 Å². The molecule has 0 aromatic heterocycles. The van der Waals surface area contributed by atoms with Crippen molar-refractivity contribution in [2.45, 2.75) is 31.7 Å². The standard InChI is InChI=1S/C17H26FN3O.ClH/c1-21(16-3-2-10-19-11-9-16)13-17(22)20-12-8-14-4-6-15(18)7-5-14;/h4-7,16,19H,2-3,8-13H2,1H3,(H,20,22);1H. The maximum absolute atomic E-state index is 12.8. The highest BCUT2D eigenvalue weighted by Gasteiger charge is 2.18. The summed E-state index contributed by atoms with van der Waals surface area (Å²) < 4.78 is 12.8. The van der Waals surface area contributed by atoms with Crippen molar-refractivity contribution in [1.82, 2.24) is 15.5 Å². The highest BCUT2D eigenvalue weighted by Crippen LogP contribution is 2.11. The number of hydrogen-bond acceptors (Lipinski definition) is 3. The third kappa shape index (κ3) is 7.29. The molecule has 130 valence electrons. The van der Waals surface area contributed by atoms with Crippen molar-refractivity contribution in [3.63, 3.8) is 0 Å². The minimum atomic E-state index is -0.229. The van der Waals surface area contributed by atoms with Crippen LogP contribution in [0.4, 0.5) is 4.39 Å². The first-order chi connectivity index (χ1) is 10.6. The van der Waals surface area contributed by atoms with Gasteiger partial charge in [0.1, 0.15) is 5.82 Å². The Hall–Kier alpha value is -1.17. The van der Waals surface area contributed by atoms with Crippen molar-refractivity contribution in [2.75, 3.05) is 33.2 Å². The first-order valence-electron chi connectivity index (χ1n) is 8.07. The van der Waals surface area contributed by atoms with Crippen molar-refractivity contribution in [3.05, 3.63) is 35.6 Å². The van der Waals surface area contributed by atoms with Gasteiger partial charge in [0.25, 0.3) is 0 Å². The average molecular weight is 344 g/mol. The van der Waals surface area contributed by atoms with Crippen LogP contribution in [0.2, 0.25) is 0 Å². The van der Waals surface area contributed by atoms with E-state index in [0.29, 0.717) is 19.1 Å². The number of nitrogens with zero attached hydrogens (tertiary/aromatic N) is 1. The number of nitrogens with one attached hydrogen (secondary N) is 2. The predicted molar refractivity (Wildman–Crippen MR) is 93.5 cm³/mol. The van der Waals surface area contributed by atoms with Crippen LogP contribution in [-0.4, -0.2) is 50.1 Å². The van der Waals surface area contributed by atoms with E-state index in [0.717, 1.165) is 37.9 Å². The van der Waals surface area contributed by atoms with Gasteiger partial charge in [-0.2, -0.15) is 0 Å². The smallest absolute Gasteiger partial charge is 0.234 e. The average Bonchev–Trinajstić information content (AvgIpc) is 2.78. The normalized spacial score (nSPS) is 18.1. The van der Waals surface area contributed by atoms with Crippen molar-refractivity contribution in [3.8, 4) is 0 Å². The maximum Gasteiger partial charge on any atom is 0.234 e. The Kier molecular flexibility index (Phi) is 9.14. The number of amides is 1. The second kappa shape index (κ2) is 10.6. The number of rotatable bonds is 6. The summed E-state index contributed by atoms with van der Waals surface area (Å²) in [6, 6.07) is 6.90. The highest BCUT2D eigenvalue weighted by molar-refractivity contribution is 5.85. The summed E-state index contributed by atoms with van der Waals surface area (Å²) in [5, 5.41) is 6.33. The fourth-order valence-corrected chi connectivity index (χ4v) is 2.85. The molecule has 1 heterocycles. The molecule has 23 heavy (non-hydrogen) atoms. The molecule has 0 radical (unpaired) electrons. The predicted octanol–water partition coefficient (Wildman–Crippen LogP) is 1.98. The second-order valence-corrected chi connectivity index (χ2v) is 5.98. The van der Waals surface area contributed by atoms with Crippen LogP contribution in [-0.2, 0) is 11.2 Å². The van der Waals surface area contributed by atoms with E-state index in [9.17, 15) is 9.18 Å². The minimum absolute atomic E-state index is 0. The number of carbonyl (C=O) groups is 1. The molecule has 1 unspecified atom stereocenters. The highest BCUT2D eigenvalue weighted by atomic mass is 35.5. The third-order valence-electron chi connectivity index (χ3n) is 4.21.